The summed E-state index contributed by atoms with van der Waals surface area (Å²) in [6.45, 7) is 6.61. The number of rotatable bonds is 8. The van der Waals surface area contributed by atoms with Gasteiger partial charge in [-0.2, -0.15) is 0 Å². The number of carbonyl (C=O) groups excluding carboxylic acids is 1. The summed E-state index contributed by atoms with van der Waals surface area (Å²) in [5.74, 6) is -0.0258. The molecule has 0 spiro atoms. The summed E-state index contributed by atoms with van der Waals surface area (Å²) in [5, 5.41) is 5.73. The number of carbonyl (C=O) groups is 1. The minimum absolute atomic E-state index is 0.0258. The molecule has 3 rings (SSSR count). The van der Waals surface area contributed by atoms with Gasteiger partial charge in [-0.1, -0.05) is 29.5 Å². The number of thioether (sulfide) groups is 1. The Kier molecular flexibility index (Phi) is 6.90. The molecule has 1 N–H and O–H groups in total. The number of nitrogens with one attached hydrogen (secondary N) is 1. The smallest absolute Gasteiger partial charge is 0.263 e. The van der Waals surface area contributed by atoms with Crippen LogP contribution < -0.4 is 10.9 Å². The van der Waals surface area contributed by atoms with Gasteiger partial charge in [0.15, 0.2) is 5.16 Å². The first kappa shape index (κ1) is 19.9. The molecule has 1 aliphatic carbocycles. The predicted molar refractivity (Wildman–Crippen MR) is 114 cm³/mol. The third-order valence-electron chi connectivity index (χ3n) is 4.64. The quantitative estimate of drug-likeness (QED) is 0.409. The fraction of sp³-hybridized carbons (Fsp3) is 0.450. The van der Waals surface area contributed by atoms with Crippen LogP contribution in [0.5, 0.6) is 0 Å². The van der Waals surface area contributed by atoms with Crippen molar-refractivity contribution in [1.82, 2.24) is 14.9 Å². The van der Waals surface area contributed by atoms with E-state index in [1.807, 2.05) is 12.3 Å². The van der Waals surface area contributed by atoms with Crippen molar-refractivity contribution in [2.24, 2.45) is 0 Å². The van der Waals surface area contributed by atoms with Crippen LogP contribution in [-0.2, 0) is 11.3 Å². The lowest BCUT2D eigenvalue weighted by Crippen LogP contribution is -2.32. The highest BCUT2D eigenvalue weighted by atomic mass is 32.2. The van der Waals surface area contributed by atoms with Crippen LogP contribution in [-0.4, -0.2) is 27.3 Å². The molecule has 0 radical (unpaired) electrons. The van der Waals surface area contributed by atoms with E-state index in [1.165, 1.54) is 41.5 Å². The van der Waals surface area contributed by atoms with Crippen molar-refractivity contribution < 1.29 is 4.79 Å². The van der Waals surface area contributed by atoms with Crippen molar-refractivity contribution in [3.63, 3.8) is 0 Å². The lowest BCUT2D eigenvalue weighted by molar-refractivity contribution is -0.120. The summed E-state index contributed by atoms with van der Waals surface area (Å²) in [6, 6.07) is 1.79. The van der Waals surface area contributed by atoms with Crippen LogP contribution in [0.25, 0.3) is 10.2 Å². The topological polar surface area (TPSA) is 64.0 Å². The molecule has 2 aromatic heterocycles. The molecule has 2 heterocycles. The minimum Gasteiger partial charge on any atom is -0.355 e. The van der Waals surface area contributed by atoms with E-state index >= 15 is 0 Å². The molecule has 5 nitrogen and oxygen atoms in total. The van der Waals surface area contributed by atoms with Gasteiger partial charge in [0, 0.05) is 13.1 Å². The first-order valence-corrected chi connectivity index (χ1v) is 11.1. The maximum absolute atomic E-state index is 12.7. The number of hydrogen-bond acceptors (Lipinski definition) is 5. The Morgan fingerprint density at radius 3 is 3.11 bits per heavy atom. The third-order valence-corrected chi connectivity index (χ3v) is 6.54. The number of thiophene rings is 1. The zero-order chi connectivity index (χ0) is 19.2. The second kappa shape index (κ2) is 9.37. The number of allylic oxidation sites excluding steroid dienone is 2. The molecule has 7 heteroatoms. The average Bonchev–Trinajstić information content (AvgIpc) is 3.14. The van der Waals surface area contributed by atoms with Crippen LogP contribution >= 0.6 is 23.1 Å². The maximum Gasteiger partial charge on any atom is 0.263 e. The fourth-order valence-corrected chi connectivity index (χ4v) is 4.89. The van der Waals surface area contributed by atoms with Crippen LogP contribution in [0, 0.1) is 0 Å². The lowest BCUT2D eigenvalue weighted by atomic mass is 9.97. The lowest BCUT2D eigenvalue weighted by Gasteiger charge is -2.16. The Hall–Kier alpha value is -1.86. The van der Waals surface area contributed by atoms with E-state index in [-0.39, 0.29) is 16.7 Å². The predicted octanol–water partition coefficient (Wildman–Crippen LogP) is 4.13. The molecule has 0 saturated heterocycles. The highest BCUT2D eigenvalue weighted by Gasteiger charge is 2.19. The summed E-state index contributed by atoms with van der Waals surface area (Å²) in [4.78, 5) is 30.4. The highest BCUT2D eigenvalue weighted by molar-refractivity contribution is 8.00. The normalized spacial score (nSPS) is 15.4. The van der Waals surface area contributed by atoms with Gasteiger partial charge in [-0.05, 0) is 50.5 Å². The van der Waals surface area contributed by atoms with Crippen LogP contribution in [0.15, 0.2) is 45.7 Å². The first-order chi connectivity index (χ1) is 13.1. The SMILES string of the molecule is C=CCn1c(S[C@@H](C)C(=O)NCCC2=CCCCC2)nc2sccc2c1=O. The number of aromatic nitrogens is 2. The summed E-state index contributed by atoms with van der Waals surface area (Å²) >= 11 is 2.76. The third kappa shape index (κ3) is 4.90. The van der Waals surface area contributed by atoms with Crippen molar-refractivity contribution in [1.29, 1.82) is 0 Å². The maximum atomic E-state index is 12.7. The largest absolute Gasteiger partial charge is 0.355 e. The van der Waals surface area contributed by atoms with Crippen molar-refractivity contribution in [2.45, 2.75) is 56.0 Å². The van der Waals surface area contributed by atoms with E-state index in [0.717, 1.165) is 19.3 Å². The zero-order valence-corrected chi connectivity index (χ0v) is 17.2. The zero-order valence-electron chi connectivity index (χ0n) is 15.6. The second-order valence-electron chi connectivity index (χ2n) is 6.65. The van der Waals surface area contributed by atoms with Gasteiger partial charge < -0.3 is 5.32 Å². The van der Waals surface area contributed by atoms with Gasteiger partial charge in [0.25, 0.3) is 5.56 Å². The number of amides is 1. The monoisotopic (exact) mass is 403 g/mol. The summed E-state index contributed by atoms with van der Waals surface area (Å²) in [6.07, 6.45) is 9.74. The van der Waals surface area contributed by atoms with Crippen LogP contribution in [0.3, 0.4) is 0 Å². The van der Waals surface area contributed by atoms with E-state index in [0.29, 0.717) is 28.5 Å². The van der Waals surface area contributed by atoms with Crippen LogP contribution in [0.1, 0.15) is 39.0 Å². The van der Waals surface area contributed by atoms with E-state index in [1.54, 1.807) is 16.7 Å². The molecule has 0 saturated carbocycles. The van der Waals surface area contributed by atoms with Gasteiger partial charge in [0.05, 0.1) is 10.6 Å². The molecule has 0 aromatic carbocycles. The minimum atomic E-state index is -0.328. The number of nitrogens with zero attached hydrogens (tertiary/aromatic N) is 2. The molecule has 0 unspecified atom stereocenters. The Balaban J connectivity index is 1.65. The fourth-order valence-electron chi connectivity index (χ4n) is 3.14. The molecule has 0 bridgehead atoms. The molecule has 0 aliphatic heterocycles. The Morgan fingerprint density at radius 1 is 1.52 bits per heavy atom. The summed E-state index contributed by atoms with van der Waals surface area (Å²) < 4.78 is 1.59. The van der Waals surface area contributed by atoms with Gasteiger partial charge in [0.2, 0.25) is 5.91 Å². The molecule has 2 aromatic rings. The summed E-state index contributed by atoms with van der Waals surface area (Å²) in [7, 11) is 0. The molecular weight excluding hydrogens is 378 g/mol. The Morgan fingerprint density at radius 2 is 2.37 bits per heavy atom. The van der Waals surface area contributed by atoms with Crippen LogP contribution in [0.2, 0.25) is 0 Å². The van der Waals surface area contributed by atoms with Crippen molar-refractivity contribution in [3.8, 4) is 0 Å². The Bertz CT molecular complexity index is 914. The van der Waals surface area contributed by atoms with Crippen LogP contribution in [0.4, 0.5) is 0 Å². The van der Waals surface area contributed by atoms with E-state index in [4.69, 9.17) is 0 Å². The highest BCUT2D eigenvalue weighted by Crippen LogP contribution is 2.25. The molecule has 144 valence electrons. The van der Waals surface area contributed by atoms with Crippen molar-refractivity contribution >= 4 is 39.2 Å². The number of fused-ring (bicyclic) bond motifs is 1. The molecule has 0 fully saturated rings. The molecular formula is C20H25N3O2S2. The van der Waals surface area contributed by atoms with Crippen molar-refractivity contribution in [3.05, 3.63) is 46.1 Å². The van der Waals surface area contributed by atoms with Gasteiger partial charge in [0.1, 0.15) is 4.83 Å². The average molecular weight is 404 g/mol. The molecule has 1 atom stereocenters. The van der Waals surface area contributed by atoms with E-state index in [9.17, 15) is 9.59 Å². The number of hydrogen-bond donors (Lipinski definition) is 1. The first-order valence-electron chi connectivity index (χ1n) is 9.31. The molecule has 1 aliphatic rings. The van der Waals surface area contributed by atoms with Gasteiger partial charge in [-0.15, -0.1) is 17.9 Å². The van der Waals surface area contributed by atoms with Gasteiger partial charge in [-0.3, -0.25) is 14.2 Å². The van der Waals surface area contributed by atoms with Crippen molar-refractivity contribution in [2.75, 3.05) is 6.54 Å². The van der Waals surface area contributed by atoms with Gasteiger partial charge >= 0.3 is 0 Å². The van der Waals surface area contributed by atoms with E-state index in [2.05, 4.69) is 23.0 Å². The molecule has 27 heavy (non-hydrogen) atoms. The standard InChI is InChI=1S/C20H25N3O2S2/c1-3-12-23-19(25)16-10-13-26-18(16)22-20(23)27-14(2)17(24)21-11-9-15-7-5-4-6-8-15/h3,7,10,13-14H,1,4-6,8-9,11-12H2,2H3,(H,21,24)/t14-/m0/s1. The molecule has 1 amide bonds. The second-order valence-corrected chi connectivity index (χ2v) is 8.85. The van der Waals surface area contributed by atoms with Gasteiger partial charge in [-0.25, -0.2) is 4.98 Å². The van der Waals surface area contributed by atoms with E-state index < -0.39 is 0 Å². The summed E-state index contributed by atoms with van der Waals surface area (Å²) in [5.41, 5.74) is 1.37. The Labute approximate surface area is 167 Å².